The number of hydrogen-bond donors (Lipinski definition) is 1. The van der Waals surface area contributed by atoms with Crippen molar-refractivity contribution in [3.8, 4) is 0 Å². The van der Waals surface area contributed by atoms with Crippen LogP contribution in [0.5, 0.6) is 0 Å². The first-order chi connectivity index (χ1) is 9.75. The first-order valence-electron chi connectivity index (χ1n) is 6.12. The smallest absolute Gasteiger partial charge is 0.338 e. The number of carboxylic acid groups (broad SMARTS) is 1. The molecule has 0 saturated heterocycles. The van der Waals surface area contributed by atoms with Crippen molar-refractivity contribution in [2.45, 2.75) is 18.2 Å². The van der Waals surface area contributed by atoms with Crippen molar-refractivity contribution >= 4 is 39.2 Å². The quantitative estimate of drug-likeness (QED) is 0.851. The molecule has 1 aliphatic heterocycles. The zero-order valence-corrected chi connectivity index (χ0v) is 13.5. The number of nitrogens with zero attached hydrogens (tertiary/aromatic N) is 1. The fourth-order valence-electron chi connectivity index (χ4n) is 2.04. The molecule has 1 N–H and O–H groups in total. The lowest BCUT2D eigenvalue weighted by atomic mass is 10.1. The SMILES string of the molecule is CC1=CCN(S(=O)(=O)c2ccc(Cl)c(C(=O)O)c2Cl)CC1. The van der Waals surface area contributed by atoms with Gasteiger partial charge in [-0.25, -0.2) is 13.2 Å². The van der Waals surface area contributed by atoms with Crippen molar-refractivity contribution in [3.05, 3.63) is 39.4 Å². The number of benzene rings is 1. The van der Waals surface area contributed by atoms with Crippen molar-refractivity contribution in [3.63, 3.8) is 0 Å². The summed E-state index contributed by atoms with van der Waals surface area (Å²) < 4.78 is 26.4. The van der Waals surface area contributed by atoms with Crippen LogP contribution in [-0.4, -0.2) is 36.9 Å². The van der Waals surface area contributed by atoms with Gasteiger partial charge in [-0.2, -0.15) is 4.31 Å². The Morgan fingerprint density at radius 2 is 2.00 bits per heavy atom. The first kappa shape index (κ1) is 16.3. The molecule has 0 fully saturated rings. The van der Waals surface area contributed by atoms with Crippen LogP contribution >= 0.6 is 23.2 Å². The second kappa shape index (κ2) is 5.96. The lowest BCUT2D eigenvalue weighted by molar-refractivity contribution is 0.0697. The lowest BCUT2D eigenvalue weighted by Gasteiger charge is -2.25. The highest BCUT2D eigenvalue weighted by molar-refractivity contribution is 7.89. The normalized spacial score (nSPS) is 16.6. The molecule has 0 atom stereocenters. The minimum atomic E-state index is -3.85. The van der Waals surface area contributed by atoms with Gasteiger partial charge in [0.05, 0.1) is 15.6 Å². The monoisotopic (exact) mass is 349 g/mol. The molecule has 0 radical (unpaired) electrons. The number of carbonyl (C=O) groups is 1. The molecule has 0 aromatic heterocycles. The average Bonchev–Trinajstić information content (AvgIpc) is 2.38. The van der Waals surface area contributed by atoms with Gasteiger partial charge < -0.3 is 5.11 Å². The summed E-state index contributed by atoms with van der Waals surface area (Å²) in [7, 11) is -3.85. The van der Waals surface area contributed by atoms with Gasteiger partial charge >= 0.3 is 5.97 Å². The van der Waals surface area contributed by atoms with E-state index in [1.165, 1.54) is 16.4 Å². The number of rotatable bonds is 3. The minimum Gasteiger partial charge on any atom is -0.478 e. The molecule has 1 aromatic rings. The highest BCUT2D eigenvalue weighted by Gasteiger charge is 2.30. The number of aromatic carboxylic acids is 1. The van der Waals surface area contributed by atoms with E-state index in [9.17, 15) is 13.2 Å². The van der Waals surface area contributed by atoms with E-state index in [2.05, 4.69) is 0 Å². The van der Waals surface area contributed by atoms with E-state index in [0.29, 0.717) is 13.0 Å². The van der Waals surface area contributed by atoms with E-state index in [1.807, 2.05) is 13.0 Å². The Bertz CT molecular complexity index is 728. The Morgan fingerprint density at radius 1 is 1.33 bits per heavy atom. The van der Waals surface area contributed by atoms with Crippen LogP contribution in [0.3, 0.4) is 0 Å². The fourth-order valence-corrected chi connectivity index (χ4v) is 4.31. The van der Waals surface area contributed by atoms with Gasteiger partial charge in [0, 0.05) is 13.1 Å². The van der Waals surface area contributed by atoms with Gasteiger partial charge in [-0.3, -0.25) is 0 Å². The van der Waals surface area contributed by atoms with Crippen molar-refractivity contribution < 1.29 is 18.3 Å². The number of carboxylic acids is 1. The van der Waals surface area contributed by atoms with Gasteiger partial charge in [-0.1, -0.05) is 34.9 Å². The molecule has 0 spiro atoms. The summed E-state index contributed by atoms with van der Waals surface area (Å²) in [6, 6.07) is 2.46. The molecule has 1 aromatic carbocycles. The molecule has 0 unspecified atom stereocenters. The minimum absolute atomic E-state index is 0.0964. The molecule has 0 aliphatic carbocycles. The average molecular weight is 350 g/mol. The number of hydrogen-bond acceptors (Lipinski definition) is 3. The van der Waals surface area contributed by atoms with Crippen molar-refractivity contribution in [2.24, 2.45) is 0 Å². The van der Waals surface area contributed by atoms with Crippen LogP contribution in [-0.2, 0) is 10.0 Å². The lowest BCUT2D eigenvalue weighted by Crippen LogP contribution is -2.35. The predicted molar refractivity (Wildman–Crippen MR) is 80.6 cm³/mol. The van der Waals surface area contributed by atoms with Crippen molar-refractivity contribution in [1.82, 2.24) is 4.31 Å². The van der Waals surface area contributed by atoms with Crippen LogP contribution in [0.15, 0.2) is 28.7 Å². The fraction of sp³-hybridized carbons (Fsp3) is 0.308. The molecule has 2 rings (SSSR count). The zero-order valence-electron chi connectivity index (χ0n) is 11.1. The molecule has 8 heteroatoms. The maximum atomic E-state index is 12.6. The molecule has 21 heavy (non-hydrogen) atoms. The summed E-state index contributed by atoms with van der Waals surface area (Å²) in [5, 5.41) is 8.64. The predicted octanol–water partition coefficient (Wildman–Crippen LogP) is 3.03. The van der Waals surface area contributed by atoms with E-state index in [4.69, 9.17) is 28.3 Å². The maximum Gasteiger partial charge on any atom is 0.338 e. The summed E-state index contributed by atoms with van der Waals surface area (Å²) in [6.07, 6.45) is 2.46. The maximum absolute atomic E-state index is 12.6. The molecular formula is C13H13Cl2NO4S. The topological polar surface area (TPSA) is 74.7 Å². The Morgan fingerprint density at radius 3 is 2.52 bits per heavy atom. The molecule has 5 nitrogen and oxygen atoms in total. The zero-order chi connectivity index (χ0) is 15.8. The third-order valence-electron chi connectivity index (χ3n) is 3.29. The molecule has 0 amide bonds. The van der Waals surface area contributed by atoms with Crippen LogP contribution in [0.2, 0.25) is 10.0 Å². The molecule has 0 bridgehead atoms. The van der Waals surface area contributed by atoms with Gasteiger partial charge in [0.2, 0.25) is 10.0 Å². The van der Waals surface area contributed by atoms with E-state index < -0.39 is 21.6 Å². The van der Waals surface area contributed by atoms with Gasteiger partial charge in [-0.05, 0) is 25.5 Å². The van der Waals surface area contributed by atoms with Crippen molar-refractivity contribution in [1.29, 1.82) is 0 Å². The van der Waals surface area contributed by atoms with Gasteiger partial charge in [-0.15, -0.1) is 0 Å². The third kappa shape index (κ3) is 3.08. The molecule has 1 heterocycles. The van der Waals surface area contributed by atoms with Gasteiger partial charge in [0.15, 0.2) is 0 Å². The molecular weight excluding hydrogens is 337 g/mol. The Hall–Kier alpha value is -1.08. The summed E-state index contributed by atoms with van der Waals surface area (Å²) in [4.78, 5) is 10.9. The van der Waals surface area contributed by atoms with Crippen LogP contribution in [0, 0.1) is 0 Å². The Balaban J connectivity index is 2.51. The van der Waals surface area contributed by atoms with Crippen LogP contribution in [0.1, 0.15) is 23.7 Å². The second-order valence-electron chi connectivity index (χ2n) is 4.70. The van der Waals surface area contributed by atoms with E-state index >= 15 is 0 Å². The van der Waals surface area contributed by atoms with Crippen LogP contribution in [0.4, 0.5) is 0 Å². The summed E-state index contributed by atoms with van der Waals surface area (Å²) in [5.41, 5.74) is 0.720. The van der Waals surface area contributed by atoms with Gasteiger partial charge in [0.25, 0.3) is 0 Å². The standard InChI is InChI=1S/C13H13Cl2NO4S/c1-8-4-6-16(7-5-8)21(19,20)10-3-2-9(14)11(12(10)15)13(17)18/h2-4H,5-7H2,1H3,(H,17,18). The van der Waals surface area contributed by atoms with E-state index in [1.54, 1.807) is 0 Å². The van der Waals surface area contributed by atoms with E-state index in [-0.39, 0.29) is 21.5 Å². The first-order valence-corrected chi connectivity index (χ1v) is 8.32. The summed E-state index contributed by atoms with van der Waals surface area (Å²) >= 11 is 11.7. The third-order valence-corrected chi connectivity index (χ3v) is 6.01. The summed E-state index contributed by atoms with van der Waals surface area (Å²) in [5.74, 6) is -1.36. The largest absolute Gasteiger partial charge is 0.478 e. The Labute approximate surface area is 132 Å². The molecule has 0 saturated carbocycles. The van der Waals surface area contributed by atoms with Gasteiger partial charge in [0.1, 0.15) is 4.90 Å². The molecule has 1 aliphatic rings. The van der Waals surface area contributed by atoms with Crippen LogP contribution in [0.25, 0.3) is 0 Å². The van der Waals surface area contributed by atoms with Crippen molar-refractivity contribution in [2.75, 3.05) is 13.1 Å². The summed E-state index contributed by atoms with van der Waals surface area (Å²) in [6.45, 7) is 2.52. The van der Waals surface area contributed by atoms with E-state index in [0.717, 1.165) is 5.57 Å². The Kier molecular flexibility index (Phi) is 4.63. The number of halogens is 2. The van der Waals surface area contributed by atoms with Crippen LogP contribution < -0.4 is 0 Å². The molecule has 114 valence electrons. The highest BCUT2D eigenvalue weighted by Crippen LogP contribution is 2.33. The highest BCUT2D eigenvalue weighted by atomic mass is 35.5. The second-order valence-corrected chi connectivity index (χ2v) is 7.39. The number of sulfonamides is 1.